The predicted molar refractivity (Wildman–Crippen MR) is 86.0 cm³/mol. The van der Waals surface area contributed by atoms with Gasteiger partial charge in [-0.2, -0.15) is 0 Å². The molecule has 0 aliphatic carbocycles. The average molecular weight is 294 g/mol. The first-order chi connectivity index (χ1) is 10.6. The van der Waals surface area contributed by atoms with Crippen molar-refractivity contribution in [3.8, 4) is 0 Å². The van der Waals surface area contributed by atoms with Crippen molar-refractivity contribution in [3.05, 3.63) is 70.3 Å². The third kappa shape index (κ3) is 3.08. The van der Waals surface area contributed by atoms with Crippen molar-refractivity contribution in [2.75, 3.05) is 0 Å². The van der Waals surface area contributed by atoms with Gasteiger partial charge in [-0.1, -0.05) is 36.4 Å². The van der Waals surface area contributed by atoms with Crippen molar-refractivity contribution in [1.29, 1.82) is 0 Å². The van der Waals surface area contributed by atoms with Gasteiger partial charge in [-0.3, -0.25) is 4.79 Å². The Bertz CT molecular complexity index is 847. The third-order valence-corrected chi connectivity index (χ3v) is 3.57. The van der Waals surface area contributed by atoms with Crippen LogP contribution in [0.1, 0.15) is 11.4 Å². The largest absolute Gasteiger partial charge is 0.488 e. The number of H-pyrrole nitrogens is 1. The number of fused-ring (bicyclic) bond motifs is 1. The van der Waals surface area contributed by atoms with E-state index in [9.17, 15) is 4.79 Å². The van der Waals surface area contributed by atoms with Crippen LogP contribution in [0.15, 0.2) is 53.3 Å². The van der Waals surface area contributed by atoms with Crippen LogP contribution >= 0.6 is 0 Å². The number of aryl methyl sites for hydroxylation is 2. The van der Waals surface area contributed by atoms with Gasteiger partial charge in [-0.05, 0) is 29.6 Å². The van der Waals surface area contributed by atoms with Gasteiger partial charge in [-0.25, -0.2) is 4.98 Å². The molecule has 0 radical (unpaired) electrons. The lowest BCUT2D eigenvalue weighted by Gasteiger charge is -2.05. The zero-order valence-electron chi connectivity index (χ0n) is 11.9. The summed E-state index contributed by atoms with van der Waals surface area (Å²) in [7, 11) is -1.60. The average Bonchev–Trinajstić information content (AvgIpc) is 2.53. The summed E-state index contributed by atoms with van der Waals surface area (Å²) in [6.07, 6.45) is 1.43. The molecule has 5 nitrogen and oxygen atoms in total. The van der Waals surface area contributed by atoms with Gasteiger partial charge in [0.1, 0.15) is 5.82 Å². The zero-order chi connectivity index (χ0) is 15.5. The topological polar surface area (TPSA) is 86.2 Å². The van der Waals surface area contributed by atoms with E-state index in [0.29, 0.717) is 23.1 Å². The Morgan fingerprint density at radius 2 is 1.82 bits per heavy atom. The molecular formula is C16H15BN2O3. The van der Waals surface area contributed by atoms with Gasteiger partial charge in [0.25, 0.3) is 5.56 Å². The summed E-state index contributed by atoms with van der Waals surface area (Å²) in [6, 6.07) is 14.6. The summed E-state index contributed by atoms with van der Waals surface area (Å²) in [4.78, 5) is 19.3. The maximum atomic E-state index is 12.1. The van der Waals surface area contributed by atoms with Crippen molar-refractivity contribution < 1.29 is 10.0 Å². The minimum Gasteiger partial charge on any atom is -0.423 e. The lowest BCUT2D eigenvalue weighted by Crippen LogP contribution is -2.30. The van der Waals surface area contributed by atoms with Crippen LogP contribution in [-0.4, -0.2) is 27.1 Å². The highest BCUT2D eigenvalue weighted by Gasteiger charge is 2.13. The number of aromatic nitrogens is 2. The smallest absolute Gasteiger partial charge is 0.423 e. The summed E-state index contributed by atoms with van der Waals surface area (Å²) >= 11 is 0. The molecule has 0 aliphatic heterocycles. The Morgan fingerprint density at radius 1 is 1.05 bits per heavy atom. The normalized spacial score (nSPS) is 10.8. The Morgan fingerprint density at radius 3 is 2.55 bits per heavy atom. The summed E-state index contributed by atoms with van der Waals surface area (Å²) < 4.78 is 0. The van der Waals surface area contributed by atoms with Crippen molar-refractivity contribution in [1.82, 2.24) is 9.97 Å². The van der Waals surface area contributed by atoms with E-state index in [1.165, 1.54) is 11.6 Å². The molecule has 6 heteroatoms. The molecule has 0 unspecified atom stereocenters. The number of nitrogens with one attached hydrogen (secondary N) is 1. The van der Waals surface area contributed by atoms with Crippen molar-refractivity contribution in [2.24, 2.45) is 0 Å². The number of aromatic amines is 1. The number of benzene rings is 2. The molecule has 3 aromatic rings. The predicted octanol–water partition coefficient (Wildman–Crippen LogP) is 0.388. The van der Waals surface area contributed by atoms with Crippen LogP contribution in [0.5, 0.6) is 0 Å². The molecule has 0 bridgehead atoms. The lowest BCUT2D eigenvalue weighted by molar-refractivity contribution is 0.426. The maximum Gasteiger partial charge on any atom is 0.488 e. The first-order valence-corrected chi connectivity index (χ1v) is 7.06. The fraction of sp³-hybridized carbons (Fsp3) is 0.125. The fourth-order valence-corrected chi connectivity index (χ4v) is 2.39. The molecule has 3 N–H and O–H groups in total. The maximum absolute atomic E-state index is 12.1. The highest BCUT2D eigenvalue weighted by molar-refractivity contribution is 6.58. The molecule has 0 amide bonds. The molecule has 110 valence electrons. The minimum atomic E-state index is -1.60. The fourth-order valence-electron chi connectivity index (χ4n) is 2.39. The summed E-state index contributed by atoms with van der Waals surface area (Å²) in [6.45, 7) is 0. The highest BCUT2D eigenvalue weighted by Crippen LogP contribution is 2.07. The monoisotopic (exact) mass is 294 g/mol. The van der Waals surface area contributed by atoms with Crippen LogP contribution < -0.4 is 11.0 Å². The lowest BCUT2D eigenvalue weighted by atomic mass is 9.80. The van der Waals surface area contributed by atoms with Crippen LogP contribution in [-0.2, 0) is 12.8 Å². The van der Waals surface area contributed by atoms with Crippen LogP contribution in [0.3, 0.4) is 0 Å². The SMILES string of the molecule is O=c1[nH]c(CCc2ccccc2)nc2ccc(B(O)O)cc12. The van der Waals surface area contributed by atoms with Crippen molar-refractivity contribution in [3.63, 3.8) is 0 Å². The second kappa shape index (κ2) is 6.13. The summed E-state index contributed by atoms with van der Waals surface area (Å²) in [5.41, 5.74) is 1.74. The number of rotatable bonds is 4. The van der Waals surface area contributed by atoms with E-state index in [1.54, 1.807) is 12.1 Å². The Kier molecular flexibility index (Phi) is 4.04. The van der Waals surface area contributed by atoms with Crippen LogP contribution in [0.25, 0.3) is 10.9 Å². The van der Waals surface area contributed by atoms with E-state index in [0.717, 1.165) is 6.42 Å². The third-order valence-electron chi connectivity index (χ3n) is 3.57. The van der Waals surface area contributed by atoms with Gasteiger partial charge in [0, 0.05) is 6.42 Å². The Labute approximate surface area is 127 Å². The van der Waals surface area contributed by atoms with E-state index in [1.807, 2.05) is 30.3 Å². The molecule has 1 aromatic heterocycles. The molecule has 22 heavy (non-hydrogen) atoms. The molecule has 0 atom stereocenters. The molecular weight excluding hydrogens is 279 g/mol. The first kappa shape index (κ1) is 14.5. The number of nitrogens with zero attached hydrogens (tertiary/aromatic N) is 1. The van der Waals surface area contributed by atoms with E-state index < -0.39 is 7.12 Å². The van der Waals surface area contributed by atoms with Crippen LogP contribution in [0, 0.1) is 0 Å². The van der Waals surface area contributed by atoms with E-state index in [2.05, 4.69) is 9.97 Å². The van der Waals surface area contributed by atoms with E-state index >= 15 is 0 Å². The van der Waals surface area contributed by atoms with Gasteiger partial charge in [-0.15, -0.1) is 0 Å². The van der Waals surface area contributed by atoms with Crippen LogP contribution in [0.4, 0.5) is 0 Å². The standard InChI is InChI=1S/C16H15BN2O3/c20-16-13-10-12(17(21)22)7-8-14(13)18-15(19-16)9-6-11-4-2-1-3-5-11/h1-5,7-8,10,21-22H,6,9H2,(H,18,19,20). The Hall–Kier alpha value is -2.44. The quantitative estimate of drug-likeness (QED) is 0.608. The molecule has 0 aliphatic rings. The van der Waals surface area contributed by atoms with Gasteiger partial charge in [0.15, 0.2) is 0 Å². The molecule has 0 spiro atoms. The molecule has 2 aromatic carbocycles. The van der Waals surface area contributed by atoms with Crippen molar-refractivity contribution in [2.45, 2.75) is 12.8 Å². The zero-order valence-corrected chi connectivity index (χ0v) is 11.9. The van der Waals surface area contributed by atoms with Gasteiger partial charge in [0.05, 0.1) is 10.9 Å². The van der Waals surface area contributed by atoms with Gasteiger partial charge >= 0.3 is 7.12 Å². The van der Waals surface area contributed by atoms with E-state index in [-0.39, 0.29) is 11.0 Å². The van der Waals surface area contributed by atoms with Gasteiger partial charge in [0.2, 0.25) is 0 Å². The number of hydrogen-bond donors (Lipinski definition) is 3. The summed E-state index contributed by atoms with van der Waals surface area (Å²) in [5.74, 6) is 0.624. The summed E-state index contributed by atoms with van der Waals surface area (Å²) in [5, 5.41) is 18.7. The second-order valence-electron chi connectivity index (χ2n) is 5.15. The molecule has 0 saturated carbocycles. The van der Waals surface area contributed by atoms with E-state index in [4.69, 9.17) is 10.0 Å². The second-order valence-corrected chi connectivity index (χ2v) is 5.15. The number of hydrogen-bond acceptors (Lipinski definition) is 4. The molecule has 0 saturated heterocycles. The van der Waals surface area contributed by atoms with Crippen molar-refractivity contribution >= 4 is 23.5 Å². The molecule has 3 rings (SSSR count). The first-order valence-electron chi connectivity index (χ1n) is 7.06. The molecule has 0 fully saturated rings. The van der Waals surface area contributed by atoms with Crippen LogP contribution in [0.2, 0.25) is 0 Å². The minimum absolute atomic E-state index is 0.268. The Balaban J connectivity index is 1.89. The van der Waals surface area contributed by atoms with Gasteiger partial charge < -0.3 is 15.0 Å². The highest BCUT2D eigenvalue weighted by atomic mass is 16.4. The molecule has 1 heterocycles.